The molecule has 1 amide bonds. The quantitative estimate of drug-likeness (QED) is 0.836. The number of rotatable bonds is 5. The fraction of sp³-hybridized carbons (Fsp3) is 0.462. The molecule has 112 valence electrons. The highest BCUT2D eigenvalue weighted by molar-refractivity contribution is 9.10. The van der Waals surface area contributed by atoms with Crippen LogP contribution in [0.15, 0.2) is 16.6 Å². The molecule has 1 aromatic carbocycles. The minimum Gasteiger partial charge on any atom is -0.486 e. The summed E-state index contributed by atoms with van der Waals surface area (Å²) in [4.78, 5) is 11.5. The molecule has 0 radical (unpaired) electrons. The minimum absolute atomic E-state index is 0. The molecule has 0 aliphatic carbocycles. The van der Waals surface area contributed by atoms with Gasteiger partial charge in [-0.3, -0.25) is 4.79 Å². The van der Waals surface area contributed by atoms with E-state index in [2.05, 4.69) is 26.6 Å². The van der Waals surface area contributed by atoms with Crippen molar-refractivity contribution in [2.45, 2.75) is 13.0 Å². The second kappa shape index (κ2) is 8.34. The van der Waals surface area contributed by atoms with Gasteiger partial charge >= 0.3 is 0 Å². The van der Waals surface area contributed by atoms with Gasteiger partial charge in [-0.15, -0.1) is 12.4 Å². The summed E-state index contributed by atoms with van der Waals surface area (Å²) in [6.45, 7) is 2.28. The molecule has 0 aromatic heterocycles. The van der Waals surface area contributed by atoms with E-state index in [9.17, 15) is 4.79 Å². The van der Waals surface area contributed by atoms with Crippen LogP contribution in [-0.4, -0.2) is 32.7 Å². The number of ether oxygens (including phenoxy) is 2. The Morgan fingerprint density at radius 3 is 2.85 bits per heavy atom. The van der Waals surface area contributed by atoms with Crippen molar-refractivity contribution in [3.63, 3.8) is 0 Å². The molecule has 0 atom stereocenters. The van der Waals surface area contributed by atoms with Gasteiger partial charge in [-0.05, 0) is 40.7 Å². The van der Waals surface area contributed by atoms with Crippen LogP contribution in [-0.2, 0) is 11.3 Å². The smallest absolute Gasteiger partial charge is 0.221 e. The standard InChI is InChI=1S/C13H17BrN2O3.ClH/c1-15-3-2-12(17)16-8-9-6-10(14)13-11(7-9)18-4-5-19-13;/h6-7,15H,2-5,8H2,1H3,(H,16,17);1H. The lowest BCUT2D eigenvalue weighted by atomic mass is 10.2. The number of amides is 1. The summed E-state index contributed by atoms with van der Waals surface area (Å²) in [6.07, 6.45) is 0.474. The Kier molecular flexibility index (Phi) is 7.12. The third-order valence-electron chi connectivity index (χ3n) is 2.75. The van der Waals surface area contributed by atoms with Crippen molar-refractivity contribution in [2.75, 3.05) is 26.8 Å². The first kappa shape index (κ1) is 17.1. The highest BCUT2D eigenvalue weighted by Crippen LogP contribution is 2.38. The molecule has 1 aliphatic rings. The van der Waals surface area contributed by atoms with E-state index in [0.29, 0.717) is 32.7 Å². The lowest BCUT2D eigenvalue weighted by Gasteiger charge is -2.20. The number of hydrogen-bond acceptors (Lipinski definition) is 4. The first-order valence-electron chi connectivity index (χ1n) is 6.20. The van der Waals surface area contributed by atoms with Gasteiger partial charge in [0.2, 0.25) is 5.91 Å². The topological polar surface area (TPSA) is 59.6 Å². The van der Waals surface area contributed by atoms with Crippen LogP contribution in [0.5, 0.6) is 11.5 Å². The minimum atomic E-state index is 0. The zero-order chi connectivity index (χ0) is 13.7. The first-order valence-corrected chi connectivity index (χ1v) is 6.99. The van der Waals surface area contributed by atoms with Gasteiger partial charge in [0.15, 0.2) is 11.5 Å². The number of halogens is 2. The van der Waals surface area contributed by atoms with Gasteiger partial charge in [0, 0.05) is 19.5 Å². The predicted molar refractivity (Wildman–Crippen MR) is 82.8 cm³/mol. The molecule has 5 nitrogen and oxygen atoms in total. The summed E-state index contributed by atoms with van der Waals surface area (Å²) in [6, 6.07) is 3.84. The Balaban J connectivity index is 0.00000200. The maximum Gasteiger partial charge on any atom is 0.221 e. The molecule has 2 N–H and O–H groups in total. The second-order valence-corrected chi connectivity index (χ2v) is 5.09. The zero-order valence-corrected chi connectivity index (χ0v) is 13.6. The van der Waals surface area contributed by atoms with Crippen LogP contribution in [0.3, 0.4) is 0 Å². The summed E-state index contributed by atoms with van der Waals surface area (Å²) in [5.74, 6) is 1.48. The molecule has 20 heavy (non-hydrogen) atoms. The fourth-order valence-electron chi connectivity index (χ4n) is 1.79. The molecule has 0 saturated heterocycles. The van der Waals surface area contributed by atoms with Crippen LogP contribution < -0.4 is 20.1 Å². The molecule has 1 aliphatic heterocycles. The number of carbonyl (C=O) groups is 1. The van der Waals surface area contributed by atoms with Gasteiger partial charge < -0.3 is 20.1 Å². The van der Waals surface area contributed by atoms with Gasteiger partial charge in [0.05, 0.1) is 4.47 Å². The third kappa shape index (κ3) is 4.54. The molecule has 1 heterocycles. The number of hydrogen-bond donors (Lipinski definition) is 2. The van der Waals surface area contributed by atoms with E-state index in [1.807, 2.05) is 19.2 Å². The number of fused-ring (bicyclic) bond motifs is 1. The number of benzene rings is 1. The summed E-state index contributed by atoms with van der Waals surface area (Å²) >= 11 is 3.45. The molecular formula is C13H18BrClN2O3. The van der Waals surface area contributed by atoms with Gasteiger partial charge in [0.25, 0.3) is 0 Å². The number of carbonyl (C=O) groups excluding carboxylic acids is 1. The van der Waals surface area contributed by atoms with Crippen LogP contribution in [0.1, 0.15) is 12.0 Å². The highest BCUT2D eigenvalue weighted by Gasteiger charge is 2.16. The highest BCUT2D eigenvalue weighted by atomic mass is 79.9. The molecule has 7 heteroatoms. The van der Waals surface area contributed by atoms with Crippen LogP contribution in [0.4, 0.5) is 0 Å². The van der Waals surface area contributed by atoms with Gasteiger partial charge in [-0.25, -0.2) is 0 Å². The average Bonchev–Trinajstić information content (AvgIpc) is 2.43. The Bertz CT molecular complexity index is 471. The molecule has 2 rings (SSSR count). The van der Waals surface area contributed by atoms with Gasteiger partial charge in [-0.2, -0.15) is 0 Å². The van der Waals surface area contributed by atoms with Crippen LogP contribution in [0.25, 0.3) is 0 Å². The first-order chi connectivity index (χ1) is 9.20. The summed E-state index contributed by atoms with van der Waals surface area (Å²) in [5, 5.41) is 5.81. The summed E-state index contributed by atoms with van der Waals surface area (Å²) in [5.41, 5.74) is 0.980. The molecule has 0 unspecified atom stereocenters. The molecule has 0 saturated carbocycles. The van der Waals surface area contributed by atoms with E-state index in [1.165, 1.54) is 0 Å². The monoisotopic (exact) mass is 364 g/mol. The fourth-order valence-corrected chi connectivity index (χ4v) is 2.40. The Morgan fingerprint density at radius 1 is 1.35 bits per heavy atom. The lowest BCUT2D eigenvalue weighted by Crippen LogP contribution is -2.26. The van der Waals surface area contributed by atoms with E-state index in [0.717, 1.165) is 21.5 Å². The van der Waals surface area contributed by atoms with Crippen molar-refractivity contribution in [3.05, 3.63) is 22.2 Å². The van der Waals surface area contributed by atoms with Crippen LogP contribution in [0.2, 0.25) is 0 Å². The van der Waals surface area contributed by atoms with E-state index in [4.69, 9.17) is 9.47 Å². The van der Waals surface area contributed by atoms with Crippen molar-refractivity contribution >= 4 is 34.2 Å². The maximum atomic E-state index is 11.5. The SMILES string of the molecule is CNCCC(=O)NCc1cc(Br)c2c(c1)OCCO2.Cl. The molecule has 1 aromatic rings. The summed E-state index contributed by atoms with van der Waals surface area (Å²) in [7, 11) is 1.82. The van der Waals surface area contributed by atoms with Crippen molar-refractivity contribution < 1.29 is 14.3 Å². The third-order valence-corrected chi connectivity index (χ3v) is 3.34. The lowest BCUT2D eigenvalue weighted by molar-refractivity contribution is -0.121. The van der Waals surface area contributed by atoms with Gasteiger partial charge in [0.1, 0.15) is 13.2 Å². The molecule has 0 fully saturated rings. The Labute approximate surface area is 132 Å². The second-order valence-electron chi connectivity index (χ2n) is 4.23. The van der Waals surface area contributed by atoms with E-state index in [1.54, 1.807) is 0 Å². The average molecular weight is 366 g/mol. The molecule has 0 spiro atoms. The van der Waals surface area contributed by atoms with Gasteiger partial charge in [-0.1, -0.05) is 0 Å². The maximum absolute atomic E-state index is 11.5. The molecular weight excluding hydrogens is 348 g/mol. The van der Waals surface area contributed by atoms with Crippen molar-refractivity contribution in [2.24, 2.45) is 0 Å². The van der Waals surface area contributed by atoms with Crippen molar-refractivity contribution in [3.8, 4) is 11.5 Å². The summed E-state index contributed by atoms with van der Waals surface area (Å²) < 4.78 is 11.9. The Morgan fingerprint density at radius 2 is 2.10 bits per heavy atom. The van der Waals surface area contributed by atoms with E-state index >= 15 is 0 Å². The van der Waals surface area contributed by atoms with Crippen LogP contribution in [0, 0.1) is 0 Å². The molecule has 0 bridgehead atoms. The van der Waals surface area contributed by atoms with Crippen molar-refractivity contribution in [1.29, 1.82) is 0 Å². The van der Waals surface area contributed by atoms with E-state index in [-0.39, 0.29) is 18.3 Å². The zero-order valence-electron chi connectivity index (χ0n) is 11.2. The van der Waals surface area contributed by atoms with Crippen LogP contribution >= 0.6 is 28.3 Å². The predicted octanol–water partition coefficient (Wildman–Crippen LogP) is 1.87. The normalized spacial score (nSPS) is 12.5. The Hall–Kier alpha value is -0.980. The number of nitrogens with one attached hydrogen (secondary N) is 2. The largest absolute Gasteiger partial charge is 0.486 e. The van der Waals surface area contributed by atoms with E-state index < -0.39 is 0 Å². The van der Waals surface area contributed by atoms with Crippen molar-refractivity contribution in [1.82, 2.24) is 10.6 Å².